The summed E-state index contributed by atoms with van der Waals surface area (Å²) >= 11 is 0. The van der Waals surface area contributed by atoms with E-state index in [1.54, 1.807) is 6.33 Å². The summed E-state index contributed by atoms with van der Waals surface area (Å²) < 4.78 is 0. The lowest BCUT2D eigenvalue weighted by Crippen LogP contribution is -2.12. The van der Waals surface area contributed by atoms with E-state index in [0.29, 0.717) is 5.82 Å². The number of pyridine rings is 1. The van der Waals surface area contributed by atoms with Crippen molar-refractivity contribution in [1.29, 1.82) is 0 Å². The Morgan fingerprint density at radius 2 is 1.93 bits per heavy atom. The standard InChI is InChI=1S/C11H14N4/c1-11(2,3)9-5-4-8(6-12-9)10-13-7-14-15-10/h4-7H,1-3H3,(H,13,14,15). The summed E-state index contributed by atoms with van der Waals surface area (Å²) in [6.45, 7) is 6.42. The van der Waals surface area contributed by atoms with Crippen LogP contribution in [0.3, 0.4) is 0 Å². The van der Waals surface area contributed by atoms with Crippen LogP contribution >= 0.6 is 0 Å². The molecule has 4 nitrogen and oxygen atoms in total. The van der Waals surface area contributed by atoms with Crippen molar-refractivity contribution in [3.8, 4) is 11.4 Å². The third-order valence-electron chi connectivity index (χ3n) is 2.21. The number of rotatable bonds is 1. The molecule has 0 radical (unpaired) electrons. The van der Waals surface area contributed by atoms with Crippen molar-refractivity contribution >= 4 is 0 Å². The third kappa shape index (κ3) is 2.03. The average Bonchev–Trinajstić information content (AvgIpc) is 2.69. The molecule has 0 bridgehead atoms. The molecule has 2 aromatic heterocycles. The predicted molar refractivity (Wildman–Crippen MR) is 58.3 cm³/mol. The highest BCUT2D eigenvalue weighted by atomic mass is 15.2. The first-order chi connectivity index (χ1) is 7.07. The molecule has 4 heteroatoms. The lowest BCUT2D eigenvalue weighted by atomic mass is 9.91. The van der Waals surface area contributed by atoms with Crippen LogP contribution in [0, 0.1) is 0 Å². The molecule has 0 unspecified atom stereocenters. The Labute approximate surface area is 88.8 Å². The Kier molecular flexibility index (Phi) is 2.26. The van der Waals surface area contributed by atoms with Gasteiger partial charge in [-0.3, -0.25) is 10.1 Å². The van der Waals surface area contributed by atoms with E-state index in [-0.39, 0.29) is 5.41 Å². The maximum atomic E-state index is 4.41. The second kappa shape index (κ2) is 3.46. The lowest BCUT2D eigenvalue weighted by molar-refractivity contribution is 0.569. The van der Waals surface area contributed by atoms with Gasteiger partial charge in [-0.05, 0) is 12.1 Å². The molecule has 0 saturated heterocycles. The van der Waals surface area contributed by atoms with Gasteiger partial charge < -0.3 is 0 Å². The van der Waals surface area contributed by atoms with E-state index in [9.17, 15) is 0 Å². The van der Waals surface area contributed by atoms with Crippen LogP contribution < -0.4 is 0 Å². The molecular weight excluding hydrogens is 188 g/mol. The monoisotopic (exact) mass is 202 g/mol. The van der Waals surface area contributed by atoms with Gasteiger partial charge in [-0.15, -0.1) is 0 Å². The zero-order valence-electron chi connectivity index (χ0n) is 9.15. The molecule has 0 spiro atoms. The fourth-order valence-electron chi connectivity index (χ4n) is 1.32. The Bertz CT molecular complexity index is 423. The van der Waals surface area contributed by atoms with Crippen molar-refractivity contribution in [1.82, 2.24) is 20.2 Å². The zero-order valence-corrected chi connectivity index (χ0v) is 9.15. The van der Waals surface area contributed by atoms with Crippen molar-refractivity contribution in [2.75, 3.05) is 0 Å². The highest BCUT2D eigenvalue weighted by molar-refractivity contribution is 5.52. The van der Waals surface area contributed by atoms with E-state index in [1.165, 1.54) is 0 Å². The number of nitrogens with zero attached hydrogens (tertiary/aromatic N) is 3. The summed E-state index contributed by atoms with van der Waals surface area (Å²) in [4.78, 5) is 8.48. The number of nitrogens with one attached hydrogen (secondary N) is 1. The van der Waals surface area contributed by atoms with Crippen molar-refractivity contribution in [2.24, 2.45) is 0 Å². The molecule has 0 saturated carbocycles. The molecule has 2 rings (SSSR count). The quantitative estimate of drug-likeness (QED) is 0.771. The maximum absolute atomic E-state index is 4.41. The van der Waals surface area contributed by atoms with Crippen LogP contribution in [-0.2, 0) is 5.41 Å². The lowest BCUT2D eigenvalue weighted by Gasteiger charge is -2.17. The zero-order chi connectivity index (χ0) is 10.9. The second-order valence-corrected chi connectivity index (χ2v) is 4.50. The smallest absolute Gasteiger partial charge is 0.182 e. The summed E-state index contributed by atoms with van der Waals surface area (Å²) in [6.07, 6.45) is 3.37. The minimum absolute atomic E-state index is 0.0809. The van der Waals surface area contributed by atoms with Crippen molar-refractivity contribution in [3.05, 3.63) is 30.4 Å². The van der Waals surface area contributed by atoms with Gasteiger partial charge in [-0.2, -0.15) is 5.10 Å². The van der Waals surface area contributed by atoms with Crippen LogP contribution in [-0.4, -0.2) is 20.2 Å². The van der Waals surface area contributed by atoms with Gasteiger partial charge in [-0.25, -0.2) is 4.98 Å². The van der Waals surface area contributed by atoms with Crippen LogP contribution in [0.15, 0.2) is 24.7 Å². The molecule has 2 heterocycles. The van der Waals surface area contributed by atoms with Crippen LogP contribution in [0.5, 0.6) is 0 Å². The van der Waals surface area contributed by atoms with Crippen molar-refractivity contribution in [2.45, 2.75) is 26.2 Å². The summed E-state index contributed by atoms with van der Waals surface area (Å²) in [5.74, 6) is 0.683. The fraction of sp³-hybridized carbons (Fsp3) is 0.364. The molecule has 0 aliphatic rings. The molecule has 0 aliphatic carbocycles. The molecule has 15 heavy (non-hydrogen) atoms. The van der Waals surface area contributed by atoms with Gasteiger partial charge >= 0.3 is 0 Å². The molecule has 0 fully saturated rings. The van der Waals surface area contributed by atoms with Gasteiger partial charge in [0.25, 0.3) is 0 Å². The summed E-state index contributed by atoms with van der Waals surface area (Å²) in [5, 5.41) is 6.69. The van der Waals surface area contributed by atoms with Gasteiger partial charge in [-0.1, -0.05) is 20.8 Å². The largest absolute Gasteiger partial charge is 0.265 e. The molecule has 0 amide bonds. The van der Waals surface area contributed by atoms with E-state index in [1.807, 2.05) is 18.3 Å². The van der Waals surface area contributed by atoms with E-state index in [4.69, 9.17) is 0 Å². The molecule has 0 aliphatic heterocycles. The fourth-order valence-corrected chi connectivity index (χ4v) is 1.32. The van der Waals surface area contributed by atoms with Gasteiger partial charge in [0.1, 0.15) is 6.33 Å². The van der Waals surface area contributed by atoms with Crippen molar-refractivity contribution in [3.63, 3.8) is 0 Å². The highest BCUT2D eigenvalue weighted by Gasteiger charge is 2.15. The molecular formula is C11H14N4. The van der Waals surface area contributed by atoms with Gasteiger partial charge in [0.05, 0.1) is 0 Å². The topological polar surface area (TPSA) is 54.5 Å². The Balaban J connectivity index is 2.33. The Morgan fingerprint density at radius 3 is 2.40 bits per heavy atom. The highest BCUT2D eigenvalue weighted by Crippen LogP contribution is 2.21. The number of aromatic amines is 1. The molecule has 0 aromatic carbocycles. The van der Waals surface area contributed by atoms with Gasteiger partial charge in [0, 0.05) is 22.9 Å². The first-order valence-corrected chi connectivity index (χ1v) is 4.90. The number of aromatic nitrogens is 4. The first-order valence-electron chi connectivity index (χ1n) is 4.90. The van der Waals surface area contributed by atoms with Gasteiger partial charge in [0.2, 0.25) is 0 Å². The minimum Gasteiger partial charge on any atom is -0.265 e. The summed E-state index contributed by atoms with van der Waals surface area (Å²) in [5.41, 5.74) is 2.09. The first kappa shape index (κ1) is 9.83. The van der Waals surface area contributed by atoms with Gasteiger partial charge in [0.15, 0.2) is 5.82 Å². The summed E-state index contributed by atoms with van der Waals surface area (Å²) in [6, 6.07) is 4.02. The van der Waals surface area contributed by atoms with Crippen LogP contribution in [0.2, 0.25) is 0 Å². The van der Waals surface area contributed by atoms with Crippen molar-refractivity contribution < 1.29 is 0 Å². The van der Waals surface area contributed by atoms with E-state index >= 15 is 0 Å². The Hall–Kier alpha value is -1.71. The van der Waals surface area contributed by atoms with E-state index < -0.39 is 0 Å². The minimum atomic E-state index is 0.0809. The number of H-pyrrole nitrogens is 1. The summed E-state index contributed by atoms with van der Waals surface area (Å²) in [7, 11) is 0. The van der Waals surface area contributed by atoms with Crippen LogP contribution in [0.25, 0.3) is 11.4 Å². The number of hydrogen-bond donors (Lipinski definition) is 1. The molecule has 2 aromatic rings. The average molecular weight is 202 g/mol. The molecule has 1 N–H and O–H groups in total. The maximum Gasteiger partial charge on any atom is 0.182 e. The van der Waals surface area contributed by atoms with E-state index in [0.717, 1.165) is 11.3 Å². The molecule has 78 valence electrons. The number of hydrogen-bond acceptors (Lipinski definition) is 3. The molecule has 0 atom stereocenters. The van der Waals surface area contributed by atoms with E-state index in [2.05, 4.69) is 40.9 Å². The predicted octanol–water partition coefficient (Wildman–Crippen LogP) is 2.16. The third-order valence-corrected chi connectivity index (χ3v) is 2.21. The van der Waals surface area contributed by atoms with Crippen LogP contribution in [0.4, 0.5) is 0 Å². The second-order valence-electron chi connectivity index (χ2n) is 4.50. The Morgan fingerprint density at radius 1 is 1.13 bits per heavy atom. The van der Waals surface area contributed by atoms with Crippen LogP contribution in [0.1, 0.15) is 26.5 Å². The SMILES string of the molecule is CC(C)(C)c1ccc(-c2nc[nH]n2)cn1. The normalized spacial score (nSPS) is 11.7.